The zero-order valence-electron chi connectivity index (χ0n) is 40.8. The molecule has 0 saturated heterocycles. The van der Waals surface area contributed by atoms with E-state index in [2.05, 4.69) is 111 Å². The summed E-state index contributed by atoms with van der Waals surface area (Å²) < 4.78 is 33.5. The lowest BCUT2D eigenvalue weighted by atomic mass is 10.1. The van der Waals surface area contributed by atoms with E-state index in [1.54, 1.807) is 0 Å². The third kappa shape index (κ3) is 48.6. The van der Waals surface area contributed by atoms with Crippen molar-refractivity contribution in [2.24, 2.45) is 5.73 Å². The topological polar surface area (TPSA) is 155 Å². The number of allylic oxidation sites excluding steroid dienone is 16. The predicted molar refractivity (Wildman–Crippen MR) is 272 cm³/mol. The van der Waals surface area contributed by atoms with Gasteiger partial charge in [0.15, 0.2) is 0 Å². The van der Waals surface area contributed by atoms with Crippen molar-refractivity contribution in [1.29, 1.82) is 0 Å². The Morgan fingerprint density at radius 2 is 0.892 bits per heavy atom. The number of carbonyl (C=O) groups excluding carboxylic acids is 1. The standard InChI is InChI=1S/C54H92NO9P/c1-3-5-7-9-11-13-15-17-19-21-23-25-26-27-28-30-32-34-36-38-40-42-44-46-53(56)64-51(49-62-65(59,60)63-50-52(55)54(57)58)48-61-47-45-43-41-39-37-35-33-31-29-24-22-20-18-16-14-12-10-8-6-4-2/h6,8,12,14-15,17-18,20-21,23-24,26-27,29,33,35,51-52H,3-5,7,9-11,13,16,19,22,25,28,30-32,34,36-50,55H2,1-2H3,(H,57,58)(H,59,60)/b8-6-,14-12-,17-15-,20-18-,23-21-,27-26-,29-24-,35-33-. The van der Waals surface area contributed by atoms with Crippen molar-refractivity contribution in [2.45, 2.75) is 206 Å². The van der Waals surface area contributed by atoms with Crippen LogP contribution < -0.4 is 5.73 Å². The number of esters is 1. The summed E-state index contributed by atoms with van der Waals surface area (Å²) in [6.45, 7) is 3.68. The van der Waals surface area contributed by atoms with Gasteiger partial charge in [0.05, 0.1) is 19.8 Å². The summed E-state index contributed by atoms with van der Waals surface area (Å²) in [5.41, 5.74) is 5.37. The number of unbranched alkanes of at least 4 members (excludes halogenated alkanes) is 17. The average Bonchev–Trinajstić information content (AvgIpc) is 3.29. The van der Waals surface area contributed by atoms with Gasteiger partial charge in [-0.2, -0.15) is 0 Å². The molecule has 65 heavy (non-hydrogen) atoms. The van der Waals surface area contributed by atoms with E-state index in [1.807, 2.05) is 0 Å². The fourth-order valence-electron chi connectivity index (χ4n) is 6.46. The molecule has 0 aromatic rings. The molecule has 3 unspecified atom stereocenters. The first kappa shape index (κ1) is 61.9. The largest absolute Gasteiger partial charge is 0.480 e. The van der Waals surface area contributed by atoms with Crippen LogP contribution in [0.5, 0.6) is 0 Å². The Hall–Kier alpha value is -3.11. The van der Waals surface area contributed by atoms with Crippen LogP contribution in [-0.2, 0) is 32.7 Å². The van der Waals surface area contributed by atoms with Crippen molar-refractivity contribution >= 4 is 19.8 Å². The molecule has 0 aliphatic carbocycles. The Morgan fingerprint density at radius 3 is 1.34 bits per heavy atom. The van der Waals surface area contributed by atoms with Crippen LogP contribution in [0, 0.1) is 0 Å². The molecule has 0 aromatic carbocycles. The molecule has 0 bridgehead atoms. The first-order valence-electron chi connectivity index (χ1n) is 25.3. The summed E-state index contributed by atoms with van der Waals surface area (Å²) in [4.78, 5) is 33.7. The van der Waals surface area contributed by atoms with Crippen molar-refractivity contribution in [3.8, 4) is 0 Å². The highest BCUT2D eigenvalue weighted by Gasteiger charge is 2.27. The lowest BCUT2D eigenvalue weighted by molar-refractivity contribution is -0.154. The number of nitrogens with two attached hydrogens (primary N) is 1. The summed E-state index contributed by atoms with van der Waals surface area (Å²) in [6.07, 6.45) is 64.6. The van der Waals surface area contributed by atoms with Gasteiger partial charge in [-0.15, -0.1) is 0 Å². The van der Waals surface area contributed by atoms with E-state index in [0.717, 1.165) is 103 Å². The van der Waals surface area contributed by atoms with Crippen LogP contribution in [0.4, 0.5) is 0 Å². The number of carboxylic acid groups (broad SMARTS) is 1. The number of rotatable bonds is 47. The van der Waals surface area contributed by atoms with Gasteiger partial charge in [0.25, 0.3) is 0 Å². The predicted octanol–water partition coefficient (Wildman–Crippen LogP) is 14.9. The van der Waals surface area contributed by atoms with Crippen LogP contribution in [0.25, 0.3) is 0 Å². The van der Waals surface area contributed by atoms with Crippen LogP contribution in [-0.4, -0.2) is 60.5 Å². The molecule has 0 radical (unpaired) electrons. The Bertz CT molecular complexity index is 1400. The minimum absolute atomic E-state index is 0.00945. The molecule has 0 aliphatic heterocycles. The van der Waals surface area contributed by atoms with Gasteiger partial charge in [-0.05, 0) is 96.3 Å². The zero-order chi connectivity index (χ0) is 47.6. The highest BCUT2D eigenvalue weighted by atomic mass is 31.2. The molecule has 0 spiro atoms. The summed E-state index contributed by atoms with van der Waals surface area (Å²) in [5.74, 6) is -1.80. The summed E-state index contributed by atoms with van der Waals surface area (Å²) in [7, 11) is -4.64. The average molecular weight is 930 g/mol. The van der Waals surface area contributed by atoms with Crippen molar-refractivity contribution in [3.05, 3.63) is 97.2 Å². The Kier molecular flexibility index (Phi) is 46.5. The van der Waals surface area contributed by atoms with Gasteiger partial charge in [0.2, 0.25) is 0 Å². The molecule has 0 aromatic heterocycles. The molecule has 0 heterocycles. The second kappa shape index (κ2) is 48.8. The molecule has 0 saturated carbocycles. The highest BCUT2D eigenvalue weighted by molar-refractivity contribution is 7.47. The third-order valence-corrected chi connectivity index (χ3v) is 11.3. The van der Waals surface area contributed by atoms with Crippen LogP contribution >= 0.6 is 7.82 Å². The Balaban J connectivity index is 4.25. The highest BCUT2D eigenvalue weighted by Crippen LogP contribution is 2.43. The number of phosphoric ester groups is 1. The number of carboxylic acids is 1. The number of ether oxygens (including phenoxy) is 2. The normalized spacial score (nSPS) is 14.5. The maximum atomic E-state index is 12.7. The number of hydrogen-bond donors (Lipinski definition) is 3. The fraction of sp³-hybridized carbons (Fsp3) is 0.667. The lowest BCUT2D eigenvalue weighted by Gasteiger charge is -2.20. The van der Waals surface area contributed by atoms with Crippen molar-refractivity contribution in [2.75, 3.05) is 26.4 Å². The maximum Gasteiger partial charge on any atom is 0.472 e. The van der Waals surface area contributed by atoms with Gasteiger partial charge >= 0.3 is 19.8 Å². The Labute approximate surface area is 396 Å². The SMILES string of the molecule is CC/C=C\C/C=C\C/C=C\C/C=C\C/C=C\CCCCCCOCC(COP(=O)(O)OCC(N)C(=O)O)OC(=O)CCCCCCCCCC/C=C\C/C=C\C/C=C\CCCCCCC. The molecule has 4 N–H and O–H groups in total. The summed E-state index contributed by atoms with van der Waals surface area (Å²) in [6, 6.07) is -1.49. The molecular weight excluding hydrogens is 838 g/mol. The monoisotopic (exact) mass is 930 g/mol. The zero-order valence-corrected chi connectivity index (χ0v) is 41.7. The first-order valence-corrected chi connectivity index (χ1v) is 26.8. The number of phosphoric acid groups is 1. The minimum Gasteiger partial charge on any atom is -0.480 e. The number of carbonyl (C=O) groups is 2. The lowest BCUT2D eigenvalue weighted by Crippen LogP contribution is -2.34. The fourth-order valence-corrected chi connectivity index (χ4v) is 7.24. The van der Waals surface area contributed by atoms with E-state index in [0.29, 0.717) is 13.0 Å². The molecule has 372 valence electrons. The van der Waals surface area contributed by atoms with Crippen LogP contribution in [0.3, 0.4) is 0 Å². The van der Waals surface area contributed by atoms with Crippen LogP contribution in [0.15, 0.2) is 97.2 Å². The van der Waals surface area contributed by atoms with Gasteiger partial charge in [-0.1, -0.05) is 188 Å². The molecule has 3 atom stereocenters. The second-order valence-corrected chi connectivity index (χ2v) is 18.0. The van der Waals surface area contributed by atoms with Gasteiger partial charge in [-0.3, -0.25) is 18.6 Å². The summed E-state index contributed by atoms with van der Waals surface area (Å²) in [5, 5.41) is 8.93. The van der Waals surface area contributed by atoms with E-state index in [4.69, 9.17) is 29.4 Å². The molecule has 10 nitrogen and oxygen atoms in total. The van der Waals surface area contributed by atoms with Gasteiger partial charge in [0, 0.05) is 13.0 Å². The van der Waals surface area contributed by atoms with Crippen LogP contribution in [0.1, 0.15) is 194 Å². The molecular formula is C54H92NO9P. The molecule has 11 heteroatoms. The number of aliphatic carboxylic acids is 1. The van der Waals surface area contributed by atoms with E-state index in [9.17, 15) is 19.0 Å². The van der Waals surface area contributed by atoms with Crippen molar-refractivity contribution in [3.63, 3.8) is 0 Å². The second-order valence-electron chi connectivity index (χ2n) is 16.6. The van der Waals surface area contributed by atoms with Crippen molar-refractivity contribution in [1.82, 2.24) is 0 Å². The first-order chi connectivity index (χ1) is 31.7. The smallest absolute Gasteiger partial charge is 0.472 e. The third-order valence-electron chi connectivity index (χ3n) is 10.3. The van der Waals surface area contributed by atoms with Crippen molar-refractivity contribution < 1.29 is 42.7 Å². The van der Waals surface area contributed by atoms with Gasteiger partial charge in [0.1, 0.15) is 12.1 Å². The number of hydrogen-bond acceptors (Lipinski definition) is 8. The molecule has 0 rings (SSSR count). The quantitative estimate of drug-likeness (QED) is 0.0232. The van der Waals surface area contributed by atoms with E-state index >= 15 is 0 Å². The van der Waals surface area contributed by atoms with Crippen LogP contribution in [0.2, 0.25) is 0 Å². The Morgan fingerprint density at radius 1 is 0.508 bits per heavy atom. The summed E-state index contributed by atoms with van der Waals surface area (Å²) >= 11 is 0. The molecule has 0 fully saturated rings. The molecule has 0 aliphatic rings. The van der Waals surface area contributed by atoms with E-state index < -0.39 is 45.1 Å². The van der Waals surface area contributed by atoms with E-state index in [1.165, 1.54) is 64.2 Å². The minimum atomic E-state index is -4.64. The van der Waals surface area contributed by atoms with E-state index in [-0.39, 0.29) is 13.0 Å². The van der Waals surface area contributed by atoms with Gasteiger partial charge in [-0.25, -0.2) is 4.57 Å². The molecule has 0 amide bonds. The maximum absolute atomic E-state index is 12.7. The van der Waals surface area contributed by atoms with Gasteiger partial charge < -0.3 is 25.2 Å².